The largest absolute Gasteiger partial charge is 0.331 e. The summed E-state index contributed by atoms with van der Waals surface area (Å²) in [6.45, 7) is 1.66. The van der Waals surface area contributed by atoms with E-state index >= 15 is 0 Å². The average Bonchev–Trinajstić information content (AvgIpc) is 3.16. The Labute approximate surface area is 147 Å². The molecule has 0 aliphatic rings. The Kier molecular flexibility index (Phi) is 4.13. The zero-order valence-corrected chi connectivity index (χ0v) is 15.4. The first-order valence-electron chi connectivity index (χ1n) is 6.87. The fourth-order valence-corrected chi connectivity index (χ4v) is 3.43. The molecule has 0 bridgehead atoms. The fraction of sp³-hybridized carbons (Fsp3) is 0.308. The summed E-state index contributed by atoms with van der Waals surface area (Å²) in [5.74, 6) is -0.341. The van der Waals surface area contributed by atoms with Crippen LogP contribution in [0, 0.1) is 0 Å². The molecule has 3 heterocycles. The molecule has 0 aromatic carbocycles. The monoisotopic (exact) mass is 412 g/mol. The summed E-state index contributed by atoms with van der Waals surface area (Å²) in [5.41, 5.74) is -0.0976. The molecule has 3 aromatic rings. The van der Waals surface area contributed by atoms with Crippen molar-refractivity contribution in [3.63, 3.8) is 0 Å². The third-order valence-electron chi connectivity index (χ3n) is 3.76. The molecule has 24 heavy (non-hydrogen) atoms. The van der Waals surface area contributed by atoms with Gasteiger partial charge < -0.3 is 4.57 Å². The minimum Gasteiger partial charge on any atom is -0.330 e. The normalized spacial score (nSPS) is 12.5. The maximum Gasteiger partial charge on any atom is 0.331 e. The topological polar surface area (TPSA) is 104 Å². The van der Waals surface area contributed by atoms with Crippen molar-refractivity contribution in [3.8, 4) is 0 Å². The van der Waals surface area contributed by atoms with E-state index in [2.05, 4.69) is 31.4 Å². The van der Waals surface area contributed by atoms with Crippen LogP contribution >= 0.6 is 27.3 Å². The molecule has 9 nitrogen and oxygen atoms in total. The van der Waals surface area contributed by atoms with E-state index in [4.69, 9.17) is 0 Å². The van der Waals surface area contributed by atoms with Crippen molar-refractivity contribution in [2.75, 3.05) is 5.32 Å². The van der Waals surface area contributed by atoms with Gasteiger partial charge in [0.25, 0.3) is 5.56 Å². The second-order valence-electron chi connectivity index (χ2n) is 5.19. The van der Waals surface area contributed by atoms with Gasteiger partial charge in [0.2, 0.25) is 11.0 Å². The van der Waals surface area contributed by atoms with Crippen molar-refractivity contribution >= 4 is 49.3 Å². The predicted octanol–water partition coefficient (Wildman–Crippen LogP) is 0.852. The van der Waals surface area contributed by atoms with Crippen molar-refractivity contribution in [2.24, 2.45) is 14.1 Å². The van der Waals surface area contributed by atoms with Crippen molar-refractivity contribution in [2.45, 2.75) is 13.0 Å². The first-order valence-corrected chi connectivity index (χ1v) is 8.48. The SMILES string of the molecule is CC(C(=O)Nc1nnc(Br)s1)n1ccc2c1c(=O)n(C)c(=O)n2C. The third kappa shape index (κ3) is 2.59. The van der Waals surface area contributed by atoms with Gasteiger partial charge in [-0.1, -0.05) is 11.3 Å². The van der Waals surface area contributed by atoms with E-state index in [1.165, 1.54) is 23.0 Å². The molecular formula is C13H13BrN6O3S. The first kappa shape index (κ1) is 16.6. The minimum atomic E-state index is -0.671. The van der Waals surface area contributed by atoms with E-state index < -0.39 is 17.3 Å². The van der Waals surface area contributed by atoms with E-state index in [0.29, 0.717) is 20.1 Å². The number of carbonyl (C=O) groups excluding carboxylic acids is 1. The Hall–Kier alpha value is -2.27. The summed E-state index contributed by atoms with van der Waals surface area (Å²) in [5, 5.41) is 10.6. The molecule has 0 radical (unpaired) electrons. The predicted molar refractivity (Wildman–Crippen MR) is 93.4 cm³/mol. The number of aromatic nitrogens is 5. The molecule has 0 fully saturated rings. The Balaban J connectivity index is 2.04. The highest BCUT2D eigenvalue weighted by molar-refractivity contribution is 9.11. The average molecular weight is 413 g/mol. The second-order valence-corrected chi connectivity index (χ2v) is 7.44. The summed E-state index contributed by atoms with van der Waals surface area (Å²) < 4.78 is 4.49. The number of amides is 1. The molecule has 1 atom stereocenters. The van der Waals surface area contributed by atoms with E-state index in [9.17, 15) is 14.4 Å². The van der Waals surface area contributed by atoms with Crippen LogP contribution in [0.2, 0.25) is 0 Å². The van der Waals surface area contributed by atoms with Gasteiger partial charge >= 0.3 is 5.69 Å². The van der Waals surface area contributed by atoms with E-state index in [1.54, 1.807) is 30.8 Å². The van der Waals surface area contributed by atoms with Gasteiger partial charge in [-0.3, -0.25) is 24.0 Å². The molecule has 0 saturated heterocycles. The van der Waals surface area contributed by atoms with Crippen LogP contribution in [0.4, 0.5) is 5.13 Å². The van der Waals surface area contributed by atoms with Crippen LogP contribution in [0.5, 0.6) is 0 Å². The Morgan fingerprint density at radius 2 is 2.00 bits per heavy atom. The fourth-order valence-electron chi connectivity index (χ4n) is 2.42. The molecule has 3 rings (SSSR count). The molecular weight excluding hydrogens is 400 g/mol. The van der Waals surface area contributed by atoms with Crippen molar-refractivity contribution in [1.82, 2.24) is 23.9 Å². The summed E-state index contributed by atoms with van der Waals surface area (Å²) in [6, 6.07) is 0.971. The third-order valence-corrected chi connectivity index (χ3v) is 5.03. The number of aryl methyl sites for hydroxylation is 1. The second kappa shape index (κ2) is 5.98. The van der Waals surface area contributed by atoms with Crippen LogP contribution in [0.25, 0.3) is 11.0 Å². The number of rotatable bonds is 3. The molecule has 0 aliphatic heterocycles. The Bertz CT molecular complexity index is 1060. The molecule has 11 heteroatoms. The Morgan fingerprint density at radius 1 is 1.29 bits per heavy atom. The van der Waals surface area contributed by atoms with Gasteiger partial charge in [0.15, 0.2) is 3.92 Å². The van der Waals surface area contributed by atoms with Gasteiger partial charge in [0.05, 0.1) is 5.52 Å². The van der Waals surface area contributed by atoms with Gasteiger partial charge in [-0.15, -0.1) is 10.2 Å². The summed E-state index contributed by atoms with van der Waals surface area (Å²) in [7, 11) is 2.99. The lowest BCUT2D eigenvalue weighted by Gasteiger charge is -2.14. The molecule has 0 saturated carbocycles. The molecule has 126 valence electrons. The van der Waals surface area contributed by atoms with Crippen LogP contribution in [-0.4, -0.2) is 29.8 Å². The summed E-state index contributed by atoms with van der Waals surface area (Å²) >= 11 is 4.36. The van der Waals surface area contributed by atoms with Gasteiger partial charge in [-0.25, -0.2) is 4.79 Å². The molecule has 3 aromatic heterocycles. The number of nitrogens with zero attached hydrogens (tertiary/aromatic N) is 5. The maximum absolute atomic E-state index is 12.4. The van der Waals surface area contributed by atoms with Gasteiger partial charge in [-0.05, 0) is 28.9 Å². The maximum atomic E-state index is 12.4. The first-order chi connectivity index (χ1) is 11.3. The number of hydrogen-bond donors (Lipinski definition) is 1. The minimum absolute atomic E-state index is 0.292. The zero-order chi connectivity index (χ0) is 17.6. The molecule has 0 spiro atoms. The lowest BCUT2D eigenvalue weighted by Crippen LogP contribution is -2.38. The lowest BCUT2D eigenvalue weighted by molar-refractivity contribution is -0.118. The lowest BCUT2D eigenvalue weighted by atomic mass is 10.3. The number of fused-ring (bicyclic) bond motifs is 1. The molecule has 1 N–H and O–H groups in total. The van der Waals surface area contributed by atoms with Crippen molar-refractivity contribution in [3.05, 3.63) is 37.0 Å². The Morgan fingerprint density at radius 3 is 2.62 bits per heavy atom. The van der Waals surface area contributed by atoms with Gasteiger partial charge in [-0.2, -0.15) is 0 Å². The zero-order valence-electron chi connectivity index (χ0n) is 13.0. The number of hydrogen-bond acceptors (Lipinski definition) is 6. The number of carbonyl (C=O) groups is 1. The van der Waals surface area contributed by atoms with E-state index in [0.717, 1.165) is 4.57 Å². The van der Waals surface area contributed by atoms with Gasteiger partial charge in [0, 0.05) is 20.3 Å². The van der Waals surface area contributed by atoms with Crippen LogP contribution in [0.1, 0.15) is 13.0 Å². The number of anilines is 1. The summed E-state index contributed by atoms with van der Waals surface area (Å²) in [6.07, 6.45) is 1.62. The van der Waals surface area contributed by atoms with Crippen LogP contribution in [0.15, 0.2) is 25.8 Å². The van der Waals surface area contributed by atoms with Gasteiger partial charge in [0.1, 0.15) is 11.6 Å². The van der Waals surface area contributed by atoms with E-state index in [-0.39, 0.29) is 5.91 Å². The highest BCUT2D eigenvalue weighted by Gasteiger charge is 2.21. The standard InChI is InChI=1S/C13H13BrN6O3S/c1-6(9(21)15-12-17-16-11(14)24-12)20-5-4-7-8(20)10(22)19(3)13(23)18(7)2/h4-6H,1-3H3,(H,15,17,21). The quantitative estimate of drug-likeness (QED) is 0.686. The smallest absolute Gasteiger partial charge is 0.330 e. The molecule has 1 unspecified atom stereocenters. The summed E-state index contributed by atoms with van der Waals surface area (Å²) in [4.78, 5) is 36.8. The highest BCUT2D eigenvalue weighted by atomic mass is 79.9. The number of halogens is 1. The van der Waals surface area contributed by atoms with Crippen molar-refractivity contribution < 1.29 is 4.79 Å². The van der Waals surface area contributed by atoms with Crippen LogP contribution in [0.3, 0.4) is 0 Å². The number of nitrogens with one attached hydrogen (secondary N) is 1. The highest BCUT2D eigenvalue weighted by Crippen LogP contribution is 2.22. The van der Waals surface area contributed by atoms with Crippen molar-refractivity contribution in [1.29, 1.82) is 0 Å². The van der Waals surface area contributed by atoms with Crippen LogP contribution in [-0.2, 0) is 18.9 Å². The van der Waals surface area contributed by atoms with Crippen LogP contribution < -0.4 is 16.6 Å². The van der Waals surface area contributed by atoms with E-state index in [1.807, 2.05) is 0 Å². The molecule has 1 amide bonds. The molecule has 0 aliphatic carbocycles.